The highest BCUT2D eigenvalue weighted by atomic mass is 32.2. The van der Waals surface area contributed by atoms with Crippen LogP contribution in [-0.4, -0.2) is 92.9 Å². The highest BCUT2D eigenvalue weighted by Gasteiger charge is 2.31. The van der Waals surface area contributed by atoms with E-state index in [1.807, 2.05) is 13.8 Å². The summed E-state index contributed by atoms with van der Waals surface area (Å²) in [4.78, 5) is 30.7. The Kier molecular flexibility index (Phi) is 13.1. The summed E-state index contributed by atoms with van der Waals surface area (Å²) in [5.74, 6) is -0.245. The van der Waals surface area contributed by atoms with Gasteiger partial charge in [0.2, 0.25) is 0 Å². The fourth-order valence-corrected chi connectivity index (χ4v) is 8.00. The van der Waals surface area contributed by atoms with Crippen molar-refractivity contribution in [2.75, 3.05) is 38.1 Å². The lowest BCUT2D eigenvalue weighted by atomic mass is 9.96. The lowest BCUT2D eigenvalue weighted by Gasteiger charge is -2.36. The van der Waals surface area contributed by atoms with E-state index in [1.54, 1.807) is 47.4 Å². The van der Waals surface area contributed by atoms with E-state index in [-0.39, 0.29) is 58.8 Å². The van der Waals surface area contributed by atoms with Crippen LogP contribution in [0.2, 0.25) is 0 Å². The number of carbonyl (C=O) groups excluding carboxylic acids is 2. The van der Waals surface area contributed by atoms with Gasteiger partial charge in [-0.05, 0) is 75.6 Å². The number of benzene rings is 1. The summed E-state index contributed by atoms with van der Waals surface area (Å²) in [7, 11) is -2.07. The molecular weight excluding hydrogens is 629 g/mol. The molecule has 1 fully saturated rings. The molecule has 4 atom stereocenters. The number of thiophene rings is 1. The van der Waals surface area contributed by atoms with Gasteiger partial charge in [-0.1, -0.05) is 32.3 Å². The van der Waals surface area contributed by atoms with Gasteiger partial charge in [0.25, 0.3) is 15.9 Å². The maximum Gasteiger partial charge on any atom is 0.317 e. The number of nitrogens with zero attached hydrogens (tertiary/aromatic N) is 2. The fourth-order valence-electron chi connectivity index (χ4n) is 5.96. The average Bonchev–Trinajstić information content (AvgIpc) is 3.59. The van der Waals surface area contributed by atoms with Crippen LogP contribution in [0.4, 0.5) is 10.5 Å². The predicted molar refractivity (Wildman–Crippen MR) is 180 cm³/mol. The Morgan fingerprint density at radius 2 is 1.87 bits per heavy atom. The molecule has 0 spiro atoms. The van der Waals surface area contributed by atoms with Gasteiger partial charge in [0.05, 0.1) is 30.4 Å². The van der Waals surface area contributed by atoms with Gasteiger partial charge in [-0.25, -0.2) is 13.2 Å². The van der Waals surface area contributed by atoms with Crippen molar-refractivity contribution in [2.24, 2.45) is 5.92 Å². The number of ether oxygens (including phenoxy) is 2. The number of carbonyl (C=O) groups is 2. The van der Waals surface area contributed by atoms with Crippen molar-refractivity contribution >= 4 is 39.0 Å². The zero-order chi connectivity index (χ0) is 33.3. The monoisotopic (exact) mass is 678 g/mol. The van der Waals surface area contributed by atoms with Gasteiger partial charge in [0.15, 0.2) is 0 Å². The number of rotatable bonds is 8. The topological polar surface area (TPSA) is 138 Å². The van der Waals surface area contributed by atoms with Crippen LogP contribution in [0, 0.1) is 5.92 Å². The lowest BCUT2D eigenvalue weighted by Crippen LogP contribution is -2.50. The third-order valence-electron chi connectivity index (χ3n) is 8.80. The molecule has 1 aromatic heterocycles. The maximum absolute atomic E-state index is 14.3. The third kappa shape index (κ3) is 9.82. The van der Waals surface area contributed by atoms with E-state index in [4.69, 9.17) is 9.47 Å². The van der Waals surface area contributed by atoms with Gasteiger partial charge in [0, 0.05) is 44.4 Å². The van der Waals surface area contributed by atoms with Crippen molar-refractivity contribution in [1.29, 1.82) is 0 Å². The van der Waals surface area contributed by atoms with Crippen LogP contribution < -0.4 is 14.8 Å². The number of urea groups is 1. The number of hydrogen-bond acceptors (Lipinski definition) is 8. The molecule has 0 saturated heterocycles. The van der Waals surface area contributed by atoms with Crippen molar-refractivity contribution in [3.05, 3.63) is 41.3 Å². The quantitative estimate of drug-likeness (QED) is 0.344. The number of sulfonamides is 1. The first-order chi connectivity index (χ1) is 22.0. The molecule has 256 valence electrons. The molecule has 1 aliphatic carbocycles. The molecule has 2 aliphatic rings. The minimum Gasteiger partial charge on any atom is -0.490 e. The molecule has 0 unspecified atom stereocenters. The van der Waals surface area contributed by atoms with Crippen molar-refractivity contribution in [1.82, 2.24) is 15.1 Å². The second-order valence-electron chi connectivity index (χ2n) is 12.7. The molecule has 0 radical (unpaired) electrons. The second-order valence-corrected chi connectivity index (χ2v) is 15.6. The molecule has 4 rings (SSSR count). The Labute approximate surface area is 277 Å². The first-order valence-electron chi connectivity index (χ1n) is 16.4. The van der Waals surface area contributed by atoms with Crippen LogP contribution in [-0.2, 0) is 14.8 Å². The molecule has 1 aliphatic heterocycles. The number of aliphatic hydroxyl groups is 1. The zero-order valence-electron chi connectivity index (χ0n) is 27.4. The average molecular weight is 679 g/mol. The standard InChI is InChI=1S/C33H50N4O7S2/c1-23-20-37(24(2)22-38)32(39)28-19-27(35-46(41,42)31-14-10-18-45-31)15-16-29(28)44-25(3)11-8-9-17-43-30(23)21-36(4)33(40)34-26-12-6-5-7-13-26/h10,14-16,18-19,23-26,30,35,38H,5-9,11-13,17,20-22H2,1-4H3,(H,34,40)/t23-,24+,25-,30-/m1/s1. The van der Waals surface area contributed by atoms with Crippen LogP contribution >= 0.6 is 11.3 Å². The highest BCUT2D eigenvalue weighted by molar-refractivity contribution is 7.94. The summed E-state index contributed by atoms with van der Waals surface area (Å²) < 4.78 is 41.3. The van der Waals surface area contributed by atoms with E-state index in [0.29, 0.717) is 18.9 Å². The van der Waals surface area contributed by atoms with Gasteiger partial charge in [-0.15, -0.1) is 11.3 Å². The Balaban J connectivity index is 1.60. The Bertz CT molecular complexity index is 1380. The Morgan fingerprint density at radius 3 is 2.57 bits per heavy atom. The molecule has 0 bridgehead atoms. The van der Waals surface area contributed by atoms with Gasteiger partial charge in [0.1, 0.15) is 9.96 Å². The van der Waals surface area contributed by atoms with E-state index < -0.39 is 22.0 Å². The van der Waals surface area contributed by atoms with E-state index in [0.717, 1.165) is 56.3 Å². The summed E-state index contributed by atoms with van der Waals surface area (Å²) in [5, 5.41) is 15.0. The molecule has 13 heteroatoms. The molecule has 3 N–H and O–H groups in total. The van der Waals surface area contributed by atoms with Gasteiger partial charge < -0.3 is 29.7 Å². The van der Waals surface area contributed by atoms with Gasteiger partial charge in [-0.2, -0.15) is 0 Å². The van der Waals surface area contributed by atoms with Crippen molar-refractivity contribution in [2.45, 2.75) is 101 Å². The molecular formula is C33H50N4O7S2. The first-order valence-corrected chi connectivity index (χ1v) is 18.8. The van der Waals surface area contributed by atoms with E-state index in [9.17, 15) is 23.1 Å². The summed E-state index contributed by atoms with van der Waals surface area (Å²) in [6, 6.07) is 7.41. The second kappa shape index (κ2) is 16.8. The predicted octanol–water partition coefficient (Wildman–Crippen LogP) is 5.32. The van der Waals surface area contributed by atoms with Crippen molar-refractivity contribution in [3.63, 3.8) is 0 Å². The largest absolute Gasteiger partial charge is 0.490 e. The minimum atomic E-state index is -3.84. The van der Waals surface area contributed by atoms with E-state index in [1.165, 1.54) is 18.6 Å². The van der Waals surface area contributed by atoms with Crippen molar-refractivity contribution in [3.8, 4) is 5.75 Å². The third-order valence-corrected chi connectivity index (χ3v) is 11.6. The smallest absolute Gasteiger partial charge is 0.317 e. The van der Waals surface area contributed by atoms with Crippen LogP contribution in [0.15, 0.2) is 39.9 Å². The van der Waals surface area contributed by atoms with Crippen LogP contribution in [0.5, 0.6) is 5.75 Å². The first kappa shape index (κ1) is 36.0. The summed E-state index contributed by atoms with van der Waals surface area (Å²) >= 11 is 1.10. The molecule has 2 heterocycles. The van der Waals surface area contributed by atoms with E-state index >= 15 is 0 Å². The normalized spacial score (nSPS) is 23.0. The molecule has 46 heavy (non-hydrogen) atoms. The Morgan fingerprint density at radius 1 is 1.13 bits per heavy atom. The number of nitrogens with one attached hydrogen (secondary N) is 2. The van der Waals surface area contributed by atoms with Gasteiger partial charge >= 0.3 is 6.03 Å². The molecule has 11 nitrogen and oxygen atoms in total. The summed E-state index contributed by atoms with van der Waals surface area (Å²) in [5.41, 5.74) is 0.429. The molecule has 1 saturated carbocycles. The van der Waals surface area contributed by atoms with Crippen LogP contribution in [0.1, 0.15) is 82.5 Å². The number of likely N-dealkylation sites (N-methyl/N-ethyl adjacent to an activating group) is 1. The maximum atomic E-state index is 14.3. The Hall–Kier alpha value is -2.87. The zero-order valence-corrected chi connectivity index (χ0v) is 29.1. The number of hydrogen-bond donors (Lipinski definition) is 3. The number of aliphatic hydroxyl groups excluding tert-OH is 1. The number of fused-ring (bicyclic) bond motifs is 1. The summed E-state index contributed by atoms with van der Waals surface area (Å²) in [6.07, 6.45) is 7.25. The van der Waals surface area contributed by atoms with Crippen molar-refractivity contribution < 1.29 is 32.6 Å². The molecule has 1 aromatic carbocycles. The van der Waals surface area contributed by atoms with Gasteiger partial charge in [-0.3, -0.25) is 9.52 Å². The lowest BCUT2D eigenvalue weighted by molar-refractivity contribution is -0.0123. The minimum absolute atomic E-state index is 0.129. The fraction of sp³-hybridized carbons (Fsp3) is 0.636. The van der Waals surface area contributed by atoms with E-state index in [2.05, 4.69) is 10.0 Å². The number of amides is 3. The summed E-state index contributed by atoms with van der Waals surface area (Å²) in [6.45, 7) is 6.51. The van der Waals surface area contributed by atoms with Crippen LogP contribution in [0.3, 0.4) is 0 Å². The highest BCUT2D eigenvalue weighted by Crippen LogP contribution is 2.30. The molecule has 2 aromatic rings. The van der Waals surface area contributed by atoms with Crippen LogP contribution in [0.25, 0.3) is 0 Å². The molecule has 3 amide bonds. The SMILES string of the molecule is C[C@@H]1CCCCO[C@H](CN(C)C(=O)NC2CCCCC2)[C@H](C)CN([C@@H](C)CO)C(=O)c2cc(NS(=O)(=O)c3cccs3)ccc2O1. The number of anilines is 1.